The lowest BCUT2D eigenvalue weighted by molar-refractivity contribution is 0.0743. The zero-order valence-electron chi connectivity index (χ0n) is 9.62. The molecule has 2 heterocycles. The molecule has 0 aliphatic carbocycles. The molecule has 1 aliphatic rings. The van der Waals surface area contributed by atoms with E-state index in [0.717, 1.165) is 18.8 Å². The molecule has 88 valence electrons. The van der Waals surface area contributed by atoms with Gasteiger partial charge in [-0.1, -0.05) is 0 Å². The number of nitrogen functional groups attached to an aromatic ring is 1. The van der Waals surface area contributed by atoms with Crippen LogP contribution in [0.2, 0.25) is 0 Å². The number of hydrogen-bond acceptors (Lipinski definition) is 3. The van der Waals surface area contributed by atoms with Gasteiger partial charge < -0.3 is 15.6 Å². The smallest absolute Gasteiger partial charge is 0.270 e. The molecule has 3 N–H and O–H groups in total. The van der Waals surface area contributed by atoms with Gasteiger partial charge in [-0.05, 0) is 19.9 Å². The van der Waals surface area contributed by atoms with Crippen molar-refractivity contribution in [2.24, 2.45) is 0 Å². The minimum absolute atomic E-state index is 0.0464. The Hall–Kier alpha value is -1.10. The number of rotatable bonds is 1. The van der Waals surface area contributed by atoms with Crippen LogP contribution in [-0.2, 0) is 0 Å². The van der Waals surface area contributed by atoms with Crippen LogP contribution < -0.4 is 5.73 Å². The van der Waals surface area contributed by atoms with Gasteiger partial charge in [-0.25, -0.2) is 0 Å². The third-order valence-electron chi connectivity index (χ3n) is 2.65. The van der Waals surface area contributed by atoms with Gasteiger partial charge in [-0.15, -0.1) is 0 Å². The minimum Gasteiger partial charge on any atom is -0.397 e. The summed E-state index contributed by atoms with van der Waals surface area (Å²) >= 11 is 1.91. The number of nitrogens with zero attached hydrogens (tertiary/aromatic N) is 1. The zero-order chi connectivity index (χ0) is 11.8. The maximum Gasteiger partial charge on any atom is 0.270 e. The highest BCUT2D eigenvalue weighted by atomic mass is 32.2. The fraction of sp³-hybridized carbons (Fsp3) is 0.545. The van der Waals surface area contributed by atoms with Gasteiger partial charge in [0.2, 0.25) is 0 Å². The van der Waals surface area contributed by atoms with E-state index in [4.69, 9.17) is 5.73 Å². The third kappa shape index (κ3) is 2.35. The zero-order valence-corrected chi connectivity index (χ0v) is 10.4. The second-order valence-corrected chi connectivity index (χ2v) is 6.48. The summed E-state index contributed by atoms with van der Waals surface area (Å²) in [5.41, 5.74) is 6.78. The number of amides is 1. The van der Waals surface area contributed by atoms with Crippen LogP contribution in [0.15, 0.2) is 12.3 Å². The lowest BCUT2D eigenvalue weighted by Gasteiger charge is -2.37. The number of nitrogens with two attached hydrogens (primary N) is 1. The van der Waals surface area contributed by atoms with Crippen LogP contribution in [0, 0.1) is 0 Å². The van der Waals surface area contributed by atoms with Crippen LogP contribution in [0.4, 0.5) is 5.69 Å². The molecular formula is C11H17N3OS. The predicted octanol–water partition coefficient (Wildman–Crippen LogP) is 1.56. The van der Waals surface area contributed by atoms with E-state index < -0.39 is 0 Å². The van der Waals surface area contributed by atoms with E-state index in [1.807, 2.05) is 16.7 Å². The number of carbonyl (C=O) groups is 1. The number of carbonyl (C=O) groups excluding carboxylic acids is 1. The summed E-state index contributed by atoms with van der Waals surface area (Å²) in [4.78, 5) is 16.9. The number of anilines is 1. The summed E-state index contributed by atoms with van der Waals surface area (Å²) in [5, 5.41) is 0. The monoisotopic (exact) mass is 239 g/mol. The van der Waals surface area contributed by atoms with Crippen molar-refractivity contribution in [3.8, 4) is 0 Å². The Labute approximate surface area is 99.6 Å². The SMILES string of the molecule is CC1(C)CN(C(=O)c2cc(N)c[nH]2)CCS1. The molecule has 1 aromatic rings. The Balaban J connectivity index is 2.10. The van der Waals surface area contributed by atoms with Gasteiger partial charge in [0.25, 0.3) is 5.91 Å². The number of nitrogens with one attached hydrogen (secondary N) is 1. The van der Waals surface area contributed by atoms with E-state index in [-0.39, 0.29) is 10.7 Å². The maximum atomic E-state index is 12.1. The first kappa shape index (κ1) is 11.4. The first-order valence-corrected chi connectivity index (χ1v) is 6.34. The van der Waals surface area contributed by atoms with Gasteiger partial charge >= 0.3 is 0 Å². The van der Waals surface area contributed by atoms with Crippen LogP contribution in [0.1, 0.15) is 24.3 Å². The van der Waals surface area contributed by atoms with Crippen molar-refractivity contribution in [2.45, 2.75) is 18.6 Å². The molecule has 0 radical (unpaired) electrons. The summed E-state index contributed by atoms with van der Waals surface area (Å²) in [7, 11) is 0. The molecule has 0 aromatic carbocycles. The highest BCUT2D eigenvalue weighted by Crippen LogP contribution is 2.30. The van der Waals surface area contributed by atoms with Crippen molar-refractivity contribution in [1.82, 2.24) is 9.88 Å². The number of thioether (sulfide) groups is 1. The molecule has 1 saturated heterocycles. The van der Waals surface area contributed by atoms with Crippen molar-refractivity contribution in [2.75, 3.05) is 24.6 Å². The number of hydrogen-bond donors (Lipinski definition) is 2. The average Bonchev–Trinajstić information content (AvgIpc) is 2.62. The van der Waals surface area contributed by atoms with E-state index in [0.29, 0.717) is 11.4 Å². The normalized spacial score (nSPS) is 19.8. The number of aromatic nitrogens is 1. The highest BCUT2D eigenvalue weighted by molar-refractivity contribution is 8.00. The lowest BCUT2D eigenvalue weighted by atomic mass is 10.2. The van der Waals surface area contributed by atoms with Gasteiger partial charge in [-0.2, -0.15) is 11.8 Å². The molecule has 0 spiro atoms. The van der Waals surface area contributed by atoms with Gasteiger partial charge in [-0.3, -0.25) is 4.79 Å². The van der Waals surface area contributed by atoms with Crippen molar-refractivity contribution in [3.05, 3.63) is 18.0 Å². The lowest BCUT2D eigenvalue weighted by Crippen LogP contribution is -2.46. The molecule has 0 saturated carbocycles. The van der Waals surface area contributed by atoms with E-state index in [1.165, 1.54) is 0 Å². The summed E-state index contributed by atoms with van der Waals surface area (Å²) in [6, 6.07) is 1.69. The van der Waals surface area contributed by atoms with Gasteiger partial charge in [0.15, 0.2) is 0 Å². The van der Waals surface area contributed by atoms with Crippen molar-refractivity contribution < 1.29 is 4.79 Å². The summed E-state index contributed by atoms with van der Waals surface area (Å²) in [6.45, 7) is 5.93. The standard InChI is InChI=1S/C11H17N3OS/c1-11(2)7-14(3-4-16-11)10(15)9-5-8(12)6-13-9/h5-6,13H,3-4,7,12H2,1-2H3. The molecule has 0 atom stereocenters. The van der Waals surface area contributed by atoms with E-state index in [9.17, 15) is 4.79 Å². The molecule has 4 nitrogen and oxygen atoms in total. The van der Waals surface area contributed by atoms with Crippen LogP contribution in [0.5, 0.6) is 0 Å². The first-order chi connectivity index (χ1) is 7.48. The Morgan fingerprint density at radius 3 is 2.94 bits per heavy atom. The molecule has 0 bridgehead atoms. The van der Waals surface area contributed by atoms with Gasteiger partial charge in [0.05, 0.1) is 0 Å². The average molecular weight is 239 g/mol. The van der Waals surface area contributed by atoms with Crippen LogP contribution in [-0.4, -0.2) is 39.4 Å². The molecule has 2 rings (SSSR count). The molecule has 1 fully saturated rings. The maximum absolute atomic E-state index is 12.1. The molecule has 0 unspecified atom stereocenters. The van der Waals surface area contributed by atoms with Crippen molar-refractivity contribution in [1.29, 1.82) is 0 Å². The largest absolute Gasteiger partial charge is 0.397 e. The Morgan fingerprint density at radius 2 is 2.38 bits per heavy atom. The molecule has 16 heavy (non-hydrogen) atoms. The molecular weight excluding hydrogens is 222 g/mol. The quantitative estimate of drug-likeness (QED) is 0.782. The van der Waals surface area contributed by atoms with Crippen molar-refractivity contribution in [3.63, 3.8) is 0 Å². The van der Waals surface area contributed by atoms with Gasteiger partial charge in [0, 0.05) is 35.5 Å². The fourth-order valence-corrected chi connectivity index (χ4v) is 3.01. The van der Waals surface area contributed by atoms with E-state index >= 15 is 0 Å². The Morgan fingerprint density at radius 1 is 1.62 bits per heavy atom. The van der Waals surface area contributed by atoms with E-state index in [1.54, 1.807) is 12.3 Å². The molecule has 1 aromatic heterocycles. The second kappa shape index (κ2) is 4.05. The van der Waals surface area contributed by atoms with E-state index in [2.05, 4.69) is 18.8 Å². The fourth-order valence-electron chi connectivity index (χ4n) is 1.89. The molecule has 1 amide bonds. The number of H-pyrrole nitrogens is 1. The number of aromatic amines is 1. The molecule has 5 heteroatoms. The van der Waals surface area contributed by atoms with Gasteiger partial charge in [0.1, 0.15) is 5.69 Å². The minimum atomic E-state index is 0.0464. The Kier molecular flexibility index (Phi) is 2.88. The predicted molar refractivity (Wildman–Crippen MR) is 67.6 cm³/mol. The van der Waals surface area contributed by atoms with Crippen LogP contribution in [0.25, 0.3) is 0 Å². The Bertz CT molecular complexity index is 400. The topological polar surface area (TPSA) is 62.1 Å². The first-order valence-electron chi connectivity index (χ1n) is 5.35. The second-order valence-electron chi connectivity index (χ2n) is 4.68. The summed E-state index contributed by atoms with van der Waals surface area (Å²) in [5.74, 6) is 1.04. The summed E-state index contributed by atoms with van der Waals surface area (Å²) < 4.78 is 0.145. The van der Waals surface area contributed by atoms with Crippen molar-refractivity contribution >= 4 is 23.4 Å². The highest BCUT2D eigenvalue weighted by Gasteiger charge is 2.30. The van der Waals surface area contributed by atoms with Crippen LogP contribution >= 0.6 is 11.8 Å². The van der Waals surface area contributed by atoms with Crippen LogP contribution in [0.3, 0.4) is 0 Å². The molecule has 1 aliphatic heterocycles. The third-order valence-corrected chi connectivity index (χ3v) is 3.95. The summed E-state index contributed by atoms with van der Waals surface area (Å²) in [6.07, 6.45) is 1.65.